The van der Waals surface area contributed by atoms with E-state index in [2.05, 4.69) is 20.8 Å². The quantitative estimate of drug-likeness (QED) is 0.560. The van der Waals surface area contributed by atoms with E-state index < -0.39 is 8.56 Å². The molecule has 0 spiro atoms. The first-order valence-corrected chi connectivity index (χ1v) is 8.51. The van der Waals surface area contributed by atoms with E-state index in [9.17, 15) is 0 Å². The van der Waals surface area contributed by atoms with Crippen LogP contribution >= 0.6 is 0 Å². The minimum atomic E-state index is -1.85. The Morgan fingerprint density at radius 1 is 1.07 bits per heavy atom. The van der Waals surface area contributed by atoms with Crippen molar-refractivity contribution in [3.05, 3.63) is 0 Å². The highest BCUT2D eigenvalue weighted by Gasteiger charge is 2.35. The zero-order valence-electron chi connectivity index (χ0n) is 11.1. The van der Waals surface area contributed by atoms with Crippen molar-refractivity contribution in [3.8, 4) is 0 Å². The highest BCUT2D eigenvalue weighted by atomic mass is 28.4. The predicted molar refractivity (Wildman–Crippen MR) is 68.4 cm³/mol. The van der Waals surface area contributed by atoms with E-state index >= 15 is 0 Å². The summed E-state index contributed by atoms with van der Waals surface area (Å²) in [6.45, 7) is 6.72. The maximum atomic E-state index is 5.67. The lowest BCUT2D eigenvalue weighted by Gasteiger charge is -2.29. The fraction of sp³-hybridized carbons (Fsp3) is 1.00. The van der Waals surface area contributed by atoms with E-state index in [0.29, 0.717) is 0 Å². The molecule has 0 aromatic rings. The molecule has 0 saturated carbocycles. The van der Waals surface area contributed by atoms with Crippen molar-refractivity contribution in [2.24, 2.45) is 5.92 Å². The summed E-state index contributed by atoms with van der Waals surface area (Å²) in [5.74, 6) is 0.788. The van der Waals surface area contributed by atoms with Gasteiger partial charge in [0.2, 0.25) is 0 Å². The van der Waals surface area contributed by atoms with E-state index in [1.807, 2.05) is 14.2 Å². The van der Waals surface area contributed by atoms with Crippen LogP contribution in [0.5, 0.6) is 0 Å². The van der Waals surface area contributed by atoms with Crippen LogP contribution < -0.4 is 0 Å². The van der Waals surface area contributed by atoms with Gasteiger partial charge in [0.1, 0.15) is 0 Å². The molecule has 0 rings (SSSR count). The lowest BCUT2D eigenvalue weighted by atomic mass is 10.0. The summed E-state index contributed by atoms with van der Waals surface area (Å²) in [5.41, 5.74) is 0. The lowest BCUT2D eigenvalue weighted by molar-refractivity contribution is 0.232. The first kappa shape index (κ1) is 15.1. The van der Waals surface area contributed by atoms with Gasteiger partial charge in [-0.2, -0.15) is 0 Å². The third-order valence-corrected chi connectivity index (χ3v) is 7.19. The van der Waals surface area contributed by atoms with Gasteiger partial charge in [0.25, 0.3) is 0 Å². The molecule has 0 heterocycles. The Balaban J connectivity index is 4.21. The highest BCUT2D eigenvalue weighted by molar-refractivity contribution is 6.67. The largest absolute Gasteiger partial charge is 0.398 e. The normalized spacial score (nSPS) is 14.2. The zero-order chi connectivity index (χ0) is 11.7. The Morgan fingerprint density at radius 2 is 1.67 bits per heavy atom. The van der Waals surface area contributed by atoms with E-state index in [4.69, 9.17) is 8.85 Å². The Morgan fingerprint density at radius 3 is 2.00 bits per heavy atom. The standard InChI is InChI=1S/C12H28O2Si/c1-6-9-10-12(7-2)11-15(8-3,13-4)14-5/h12H,6-11H2,1-5H3. The van der Waals surface area contributed by atoms with Crippen LogP contribution in [0.25, 0.3) is 0 Å². The molecule has 0 fully saturated rings. The average molecular weight is 232 g/mol. The summed E-state index contributed by atoms with van der Waals surface area (Å²) in [4.78, 5) is 0. The van der Waals surface area contributed by atoms with Gasteiger partial charge in [-0.3, -0.25) is 0 Å². The van der Waals surface area contributed by atoms with Gasteiger partial charge in [-0.05, 0) is 18.0 Å². The Kier molecular flexibility index (Phi) is 8.38. The molecule has 0 saturated heterocycles. The molecule has 3 heteroatoms. The molecule has 2 nitrogen and oxygen atoms in total. The van der Waals surface area contributed by atoms with Crippen LogP contribution in [-0.4, -0.2) is 22.8 Å². The molecule has 0 amide bonds. The fourth-order valence-electron chi connectivity index (χ4n) is 2.07. The van der Waals surface area contributed by atoms with Crippen LogP contribution in [0.15, 0.2) is 0 Å². The Bertz CT molecular complexity index is 138. The predicted octanol–water partition coefficient (Wildman–Crippen LogP) is 3.96. The van der Waals surface area contributed by atoms with Crippen LogP contribution in [0.1, 0.15) is 46.5 Å². The van der Waals surface area contributed by atoms with Crippen molar-refractivity contribution >= 4 is 8.56 Å². The van der Waals surface area contributed by atoms with Gasteiger partial charge in [-0.15, -0.1) is 0 Å². The van der Waals surface area contributed by atoms with Gasteiger partial charge >= 0.3 is 8.56 Å². The maximum absolute atomic E-state index is 5.67. The Hall–Kier alpha value is 0.137. The monoisotopic (exact) mass is 232 g/mol. The number of hydrogen-bond acceptors (Lipinski definition) is 2. The van der Waals surface area contributed by atoms with Gasteiger partial charge < -0.3 is 8.85 Å². The minimum absolute atomic E-state index is 0.788. The van der Waals surface area contributed by atoms with Crippen molar-refractivity contribution in [2.75, 3.05) is 14.2 Å². The van der Waals surface area contributed by atoms with Crippen molar-refractivity contribution in [1.82, 2.24) is 0 Å². The molecule has 0 aromatic heterocycles. The molecule has 0 radical (unpaired) electrons. The first-order chi connectivity index (χ1) is 7.17. The molecular formula is C12H28O2Si. The van der Waals surface area contributed by atoms with Crippen molar-refractivity contribution in [1.29, 1.82) is 0 Å². The number of hydrogen-bond donors (Lipinski definition) is 0. The second-order valence-corrected chi connectivity index (χ2v) is 8.05. The van der Waals surface area contributed by atoms with Gasteiger partial charge in [0.15, 0.2) is 0 Å². The van der Waals surface area contributed by atoms with Crippen LogP contribution in [-0.2, 0) is 8.85 Å². The van der Waals surface area contributed by atoms with E-state index in [1.54, 1.807) is 0 Å². The van der Waals surface area contributed by atoms with Crippen LogP contribution in [0, 0.1) is 5.92 Å². The summed E-state index contributed by atoms with van der Waals surface area (Å²) in [6, 6.07) is 2.22. The molecule has 1 unspecified atom stereocenters. The van der Waals surface area contributed by atoms with Crippen LogP contribution in [0.4, 0.5) is 0 Å². The number of unbranched alkanes of at least 4 members (excludes halogenated alkanes) is 1. The molecule has 92 valence electrons. The minimum Gasteiger partial charge on any atom is -0.398 e. The SMILES string of the molecule is CCCCC(CC)C[Si](CC)(OC)OC. The summed E-state index contributed by atoms with van der Waals surface area (Å²) >= 11 is 0. The van der Waals surface area contributed by atoms with E-state index in [0.717, 1.165) is 18.0 Å². The smallest absolute Gasteiger partial charge is 0.337 e. The fourth-order valence-corrected chi connectivity index (χ4v) is 4.80. The molecule has 0 aliphatic rings. The van der Waals surface area contributed by atoms with Crippen LogP contribution in [0.2, 0.25) is 12.1 Å². The van der Waals surface area contributed by atoms with Crippen molar-refractivity contribution < 1.29 is 8.85 Å². The third kappa shape index (κ3) is 5.14. The van der Waals surface area contributed by atoms with Gasteiger partial charge in [0.05, 0.1) is 0 Å². The average Bonchev–Trinajstić information content (AvgIpc) is 2.30. The van der Waals surface area contributed by atoms with Crippen molar-refractivity contribution in [2.45, 2.75) is 58.5 Å². The molecule has 0 aromatic carbocycles. The summed E-state index contributed by atoms with van der Waals surface area (Å²) in [6.07, 6.45) is 5.20. The second-order valence-electron chi connectivity index (χ2n) is 4.29. The molecule has 1 atom stereocenters. The molecule has 0 N–H and O–H groups in total. The summed E-state index contributed by atoms with van der Waals surface area (Å²) < 4.78 is 11.3. The zero-order valence-corrected chi connectivity index (χ0v) is 12.1. The topological polar surface area (TPSA) is 18.5 Å². The van der Waals surface area contributed by atoms with Crippen molar-refractivity contribution in [3.63, 3.8) is 0 Å². The lowest BCUT2D eigenvalue weighted by Crippen LogP contribution is -2.41. The number of rotatable bonds is 9. The van der Waals surface area contributed by atoms with Gasteiger partial charge in [-0.25, -0.2) is 0 Å². The molecular weight excluding hydrogens is 204 g/mol. The molecule has 0 aliphatic carbocycles. The summed E-state index contributed by atoms with van der Waals surface area (Å²) in [5, 5.41) is 0. The highest BCUT2D eigenvalue weighted by Crippen LogP contribution is 2.27. The molecule has 0 bridgehead atoms. The second kappa shape index (κ2) is 8.31. The molecule has 15 heavy (non-hydrogen) atoms. The van der Waals surface area contributed by atoms with E-state index in [-0.39, 0.29) is 0 Å². The summed E-state index contributed by atoms with van der Waals surface area (Å²) in [7, 11) is 1.77. The molecule has 0 aliphatic heterocycles. The first-order valence-electron chi connectivity index (χ1n) is 6.28. The van der Waals surface area contributed by atoms with Gasteiger partial charge in [-0.1, -0.05) is 46.5 Å². The van der Waals surface area contributed by atoms with Crippen LogP contribution in [0.3, 0.4) is 0 Å². The van der Waals surface area contributed by atoms with Gasteiger partial charge in [0, 0.05) is 14.2 Å². The maximum Gasteiger partial charge on any atom is 0.337 e. The third-order valence-electron chi connectivity index (χ3n) is 3.43. The Labute approximate surface area is 96.6 Å². The van der Waals surface area contributed by atoms with E-state index in [1.165, 1.54) is 25.7 Å².